The van der Waals surface area contributed by atoms with E-state index in [1.165, 1.54) is 17.5 Å². The summed E-state index contributed by atoms with van der Waals surface area (Å²) in [7, 11) is 0. The third-order valence-electron chi connectivity index (χ3n) is 4.25. The molecule has 2 N–H and O–H groups in total. The van der Waals surface area contributed by atoms with Crippen LogP contribution in [0.1, 0.15) is 49.3 Å². The van der Waals surface area contributed by atoms with Crippen LogP contribution >= 0.6 is 12.4 Å². The van der Waals surface area contributed by atoms with Crippen LogP contribution in [0.4, 0.5) is 0 Å². The Kier molecular flexibility index (Phi) is 8.46. The lowest BCUT2D eigenvalue weighted by Gasteiger charge is -2.35. The Bertz CT molecular complexity index is 467. The minimum atomic E-state index is -0.730. The standard InChI is InChI=1S/C17H25NO3.ClH/c19-13-12-18(11-4-3-10-17(20)21)16-9-5-7-14-6-1-2-8-15(14)16;/h1-2,6,8,16,19H,3-5,7,9-13H2,(H,20,21);1H. The molecule has 0 saturated carbocycles. The van der Waals surface area contributed by atoms with E-state index >= 15 is 0 Å². The van der Waals surface area contributed by atoms with Gasteiger partial charge in [0, 0.05) is 19.0 Å². The summed E-state index contributed by atoms with van der Waals surface area (Å²) in [4.78, 5) is 12.9. The molecule has 0 aliphatic heterocycles. The molecule has 1 aromatic rings. The monoisotopic (exact) mass is 327 g/mol. The number of rotatable bonds is 8. The van der Waals surface area contributed by atoms with Crippen LogP contribution in [0.3, 0.4) is 0 Å². The van der Waals surface area contributed by atoms with Crippen LogP contribution < -0.4 is 0 Å². The van der Waals surface area contributed by atoms with E-state index in [0.29, 0.717) is 19.0 Å². The molecule has 0 radical (unpaired) electrons. The molecule has 1 aliphatic carbocycles. The number of aryl methyl sites for hydroxylation is 1. The van der Waals surface area contributed by atoms with E-state index in [-0.39, 0.29) is 25.4 Å². The molecule has 1 atom stereocenters. The van der Waals surface area contributed by atoms with Gasteiger partial charge in [0.15, 0.2) is 0 Å². The Hall–Kier alpha value is -1.10. The van der Waals surface area contributed by atoms with Crippen LogP contribution in [-0.2, 0) is 11.2 Å². The lowest BCUT2D eigenvalue weighted by molar-refractivity contribution is -0.137. The summed E-state index contributed by atoms with van der Waals surface area (Å²) >= 11 is 0. The molecule has 124 valence electrons. The van der Waals surface area contributed by atoms with Gasteiger partial charge in [-0.3, -0.25) is 9.69 Å². The first-order valence-electron chi connectivity index (χ1n) is 7.87. The van der Waals surface area contributed by atoms with Crippen molar-refractivity contribution in [1.29, 1.82) is 0 Å². The second-order valence-electron chi connectivity index (χ2n) is 5.72. The second-order valence-corrected chi connectivity index (χ2v) is 5.72. The molecule has 1 unspecified atom stereocenters. The summed E-state index contributed by atoms with van der Waals surface area (Å²) in [5.74, 6) is -0.730. The van der Waals surface area contributed by atoms with Gasteiger partial charge in [0.25, 0.3) is 0 Å². The zero-order valence-electron chi connectivity index (χ0n) is 12.9. The number of carboxylic acids is 1. The summed E-state index contributed by atoms with van der Waals surface area (Å²) in [5, 5.41) is 18.0. The topological polar surface area (TPSA) is 60.8 Å². The predicted octanol–water partition coefficient (Wildman–Crippen LogP) is 3.04. The number of carboxylic acid groups (broad SMARTS) is 1. The normalized spacial score (nSPS) is 16.9. The Balaban J connectivity index is 0.00000242. The molecule has 0 amide bonds. The number of aliphatic carboxylic acids is 1. The van der Waals surface area contributed by atoms with Gasteiger partial charge >= 0.3 is 5.97 Å². The van der Waals surface area contributed by atoms with E-state index in [2.05, 4.69) is 29.2 Å². The molecule has 0 spiro atoms. The Morgan fingerprint density at radius 3 is 2.73 bits per heavy atom. The summed E-state index contributed by atoms with van der Waals surface area (Å²) in [6.45, 7) is 1.66. The third-order valence-corrected chi connectivity index (χ3v) is 4.25. The zero-order chi connectivity index (χ0) is 15.1. The fourth-order valence-corrected chi connectivity index (χ4v) is 3.25. The zero-order valence-corrected chi connectivity index (χ0v) is 13.7. The maximum Gasteiger partial charge on any atom is 0.303 e. The largest absolute Gasteiger partial charge is 0.481 e. The van der Waals surface area contributed by atoms with Crippen molar-refractivity contribution in [3.05, 3.63) is 35.4 Å². The number of hydrogen-bond donors (Lipinski definition) is 2. The van der Waals surface area contributed by atoms with E-state index in [1.54, 1.807) is 0 Å². The molecule has 0 saturated heterocycles. The highest BCUT2D eigenvalue weighted by Crippen LogP contribution is 2.34. The smallest absolute Gasteiger partial charge is 0.303 e. The van der Waals surface area contributed by atoms with Crippen LogP contribution in [-0.4, -0.2) is 40.8 Å². The fourth-order valence-electron chi connectivity index (χ4n) is 3.25. The van der Waals surface area contributed by atoms with E-state index in [1.807, 2.05) is 0 Å². The highest BCUT2D eigenvalue weighted by Gasteiger charge is 2.24. The third kappa shape index (κ3) is 5.27. The first-order valence-corrected chi connectivity index (χ1v) is 7.87. The van der Waals surface area contributed by atoms with Gasteiger partial charge in [-0.2, -0.15) is 0 Å². The van der Waals surface area contributed by atoms with Gasteiger partial charge < -0.3 is 10.2 Å². The molecule has 1 aliphatic rings. The number of fused-ring (bicyclic) bond motifs is 1. The maximum absolute atomic E-state index is 10.6. The molecule has 22 heavy (non-hydrogen) atoms. The van der Waals surface area contributed by atoms with Crippen LogP contribution in [0.25, 0.3) is 0 Å². The van der Waals surface area contributed by atoms with Crippen molar-refractivity contribution in [3.63, 3.8) is 0 Å². The number of carbonyl (C=O) groups is 1. The Morgan fingerprint density at radius 2 is 2.00 bits per heavy atom. The van der Waals surface area contributed by atoms with E-state index < -0.39 is 5.97 Å². The van der Waals surface area contributed by atoms with Gasteiger partial charge in [0.1, 0.15) is 0 Å². The lowest BCUT2D eigenvalue weighted by atomic mass is 9.86. The number of nitrogens with zero attached hydrogens (tertiary/aromatic N) is 1. The van der Waals surface area contributed by atoms with Crippen molar-refractivity contribution < 1.29 is 15.0 Å². The Morgan fingerprint density at radius 1 is 1.23 bits per heavy atom. The van der Waals surface area contributed by atoms with Gasteiger partial charge in [-0.15, -0.1) is 12.4 Å². The molecule has 2 rings (SSSR count). The molecule has 0 bridgehead atoms. The average Bonchev–Trinajstić information content (AvgIpc) is 2.49. The van der Waals surface area contributed by atoms with Gasteiger partial charge in [0.2, 0.25) is 0 Å². The van der Waals surface area contributed by atoms with Crippen molar-refractivity contribution in [2.75, 3.05) is 19.7 Å². The van der Waals surface area contributed by atoms with Gasteiger partial charge in [-0.05, 0) is 49.8 Å². The first-order chi connectivity index (χ1) is 10.2. The SMILES string of the molecule is Cl.O=C(O)CCCCN(CCO)C1CCCc2ccccc21. The van der Waals surface area contributed by atoms with Gasteiger partial charge in [-0.25, -0.2) is 0 Å². The summed E-state index contributed by atoms with van der Waals surface area (Å²) in [6, 6.07) is 8.93. The molecule has 4 nitrogen and oxygen atoms in total. The number of halogens is 1. The number of hydrogen-bond acceptors (Lipinski definition) is 3. The lowest BCUT2D eigenvalue weighted by Crippen LogP contribution is -2.34. The van der Waals surface area contributed by atoms with E-state index in [4.69, 9.17) is 5.11 Å². The minimum Gasteiger partial charge on any atom is -0.481 e. The molecular weight excluding hydrogens is 302 g/mol. The van der Waals surface area contributed by atoms with Crippen molar-refractivity contribution in [2.24, 2.45) is 0 Å². The molecule has 0 fully saturated rings. The van der Waals surface area contributed by atoms with Crippen LogP contribution in [0.2, 0.25) is 0 Å². The van der Waals surface area contributed by atoms with Crippen LogP contribution in [0.5, 0.6) is 0 Å². The van der Waals surface area contributed by atoms with E-state index in [9.17, 15) is 9.90 Å². The predicted molar refractivity (Wildman–Crippen MR) is 89.5 cm³/mol. The van der Waals surface area contributed by atoms with Crippen molar-refractivity contribution in [3.8, 4) is 0 Å². The van der Waals surface area contributed by atoms with Gasteiger partial charge in [0.05, 0.1) is 6.61 Å². The highest BCUT2D eigenvalue weighted by molar-refractivity contribution is 5.85. The fraction of sp³-hybridized carbons (Fsp3) is 0.588. The summed E-state index contributed by atoms with van der Waals surface area (Å²) < 4.78 is 0. The molecular formula is C17H26ClNO3. The van der Waals surface area contributed by atoms with Crippen LogP contribution in [0, 0.1) is 0 Å². The molecule has 5 heteroatoms. The molecule has 0 heterocycles. The van der Waals surface area contributed by atoms with Crippen molar-refractivity contribution in [1.82, 2.24) is 4.90 Å². The number of benzene rings is 1. The molecule has 0 aromatic heterocycles. The van der Waals surface area contributed by atoms with Crippen molar-refractivity contribution in [2.45, 2.75) is 44.6 Å². The number of aliphatic hydroxyl groups excluding tert-OH is 1. The molecule has 1 aromatic carbocycles. The summed E-state index contributed by atoms with van der Waals surface area (Å²) in [5.41, 5.74) is 2.80. The van der Waals surface area contributed by atoms with E-state index in [0.717, 1.165) is 25.8 Å². The first kappa shape index (κ1) is 18.9. The summed E-state index contributed by atoms with van der Waals surface area (Å²) in [6.07, 6.45) is 5.23. The van der Waals surface area contributed by atoms with Crippen molar-refractivity contribution >= 4 is 18.4 Å². The Labute approximate surface area is 138 Å². The van der Waals surface area contributed by atoms with Crippen LogP contribution in [0.15, 0.2) is 24.3 Å². The maximum atomic E-state index is 10.6. The quantitative estimate of drug-likeness (QED) is 0.720. The van der Waals surface area contributed by atoms with Gasteiger partial charge in [-0.1, -0.05) is 24.3 Å². The minimum absolute atomic E-state index is 0. The number of aliphatic hydroxyl groups is 1. The average molecular weight is 328 g/mol. The second kappa shape index (κ2) is 9.82. The highest BCUT2D eigenvalue weighted by atomic mass is 35.5. The number of unbranched alkanes of at least 4 members (excludes halogenated alkanes) is 1.